The Morgan fingerprint density at radius 3 is 2.64 bits per heavy atom. The molecule has 0 radical (unpaired) electrons. The lowest BCUT2D eigenvalue weighted by atomic mass is 9.88. The van der Waals surface area contributed by atoms with E-state index in [1.165, 1.54) is 12.4 Å². The predicted octanol–water partition coefficient (Wildman–Crippen LogP) is 0.747. The van der Waals surface area contributed by atoms with E-state index in [4.69, 9.17) is 15.2 Å². The molecular formula is C23H32FN9O3. The van der Waals surface area contributed by atoms with E-state index >= 15 is 4.39 Å². The highest BCUT2D eigenvalue weighted by molar-refractivity contribution is 5.74. The zero-order valence-corrected chi connectivity index (χ0v) is 20.6. The fourth-order valence-corrected chi connectivity index (χ4v) is 4.64. The third-order valence-corrected chi connectivity index (χ3v) is 6.96. The molecule has 2 aromatic heterocycles. The number of piperazine rings is 1. The van der Waals surface area contributed by atoms with Crippen molar-refractivity contribution in [2.45, 2.75) is 38.0 Å². The van der Waals surface area contributed by atoms with Crippen molar-refractivity contribution in [2.75, 3.05) is 63.6 Å². The first kappa shape index (κ1) is 24.4. The standard InChI is InChI=1S/C23H32FN9O3/c1-14-13-35-8-7-33(14)22-29-19(15-11-27-21(25)28-12-15)18(24)20(30-22)36-17-9-16(10-17)31(2)23(34)32-5-3-26-4-6-32/h11-12,14,16-17,26H,3-10,13H2,1-2H3,(H2,25,27,28)/t14-,16-,17-/m0/s1. The molecule has 4 heterocycles. The van der Waals surface area contributed by atoms with Gasteiger partial charge in [-0.25, -0.2) is 19.7 Å². The molecule has 2 amide bonds. The van der Waals surface area contributed by atoms with Crippen LogP contribution in [0.15, 0.2) is 12.4 Å². The number of carbonyl (C=O) groups is 1. The molecule has 0 spiro atoms. The molecule has 5 rings (SSSR count). The fourth-order valence-electron chi connectivity index (χ4n) is 4.64. The van der Waals surface area contributed by atoms with Gasteiger partial charge in [0.15, 0.2) is 0 Å². The van der Waals surface area contributed by atoms with Crippen LogP contribution in [0, 0.1) is 5.82 Å². The number of ether oxygens (including phenoxy) is 2. The van der Waals surface area contributed by atoms with Gasteiger partial charge in [-0.1, -0.05) is 0 Å². The smallest absolute Gasteiger partial charge is 0.320 e. The lowest BCUT2D eigenvalue weighted by molar-refractivity contribution is 0.0295. The predicted molar refractivity (Wildman–Crippen MR) is 130 cm³/mol. The number of nitrogens with zero attached hydrogens (tertiary/aromatic N) is 7. The van der Waals surface area contributed by atoms with Crippen molar-refractivity contribution >= 4 is 17.9 Å². The van der Waals surface area contributed by atoms with Crippen molar-refractivity contribution in [3.8, 4) is 17.1 Å². The first-order valence-electron chi connectivity index (χ1n) is 12.3. The van der Waals surface area contributed by atoms with Gasteiger partial charge in [0.25, 0.3) is 5.88 Å². The Morgan fingerprint density at radius 2 is 1.94 bits per heavy atom. The summed E-state index contributed by atoms with van der Waals surface area (Å²) in [7, 11) is 1.81. The van der Waals surface area contributed by atoms with Crippen molar-refractivity contribution in [3.05, 3.63) is 18.2 Å². The summed E-state index contributed by atoms with van der Waals surface area (Å²) in [6, 6.07) is 0.0682. The lowest BCUT2D eigenvalue weighted by Gasteiger charge is -2.43. The summed E-state index contributed by atoms with van der Waals surface area (Å²) in [4.78, 5) is 35.3. The Hall–Kier alpha value is -3.32. The normalized spacial score (nSPS) is 24.2. The van der Waals surface area contributed by atoms with Gasteiger partial charge in [0, 0.05) is 76.6 Å². The van der Waals surface area contributed by atoms with Crippen LogP contribution in [0.2, 0.25) is 0 Å². The molecule has 0 unspecified atom stereocenters. The average molecular weight is 502 g/mol. The molecule has 1 aliphatic carbocycles. The molecule has 1 saturated carbocycles. The van der Waals surface area contributed by atoms with Gasteiger partial charge in [0.1, 0.15) is 11.8 Å². The van der Waals surface area contributed by atoms with Crippen molar-refractivity contribution in [2.24, 2.45) is 0 Å². The van der Waals surface area contributed by atoms with Crippen LogP contribution in [0.4, 0.5) is 21.1 Å². The van der Waals surface area contributed by atoms with E-state index in [0.29, 0.717) is 57.2 Å². The lowest BCUT2D eigenvalue weighted by Crippen LogP contribution is -2.56. The van der Waals surface area contributed by atoms with Gasteiger partial charge in [-0.05, 0) is 6.92 Å². The van der Waals surface area contributed by atoms with Gasteiger partial charge in [-0.2, -0.15) is 9.37 Å². The number of urea groups is 1. The second kappa shape index (κ2) is 10.3. The van der Waals surface area contributed by atoms with E-state index in [9.17, 15) is 4.79 Å². The monoisotopic (exact) mass is 501 g/mol. The van der Waals surface area contributed by atoms with Gasteiger partial charge >= 0.3 is 6.03 Å². The third kappa shape index (κ3) is 4.98. The van der Waals surface area contributed by atoms with Gasteiger partial charge in [0.05, 0.1) is 19.3 Å². The van der Waals surface area contributed by atoms with Crippen LogP contribution in [0.1, 0.15) is 19.8 Å². The largest absolute Gasteiger partial charge is 0.472 e. The second-order valence-electron chi connectivity index (χ2n) is 9.43. The fraction of sp³-hybridized carbons (Fsp3) is 0.609. The van der Waals surface area contributed by atoms with Crippen LogP contribution in [0.25, 0.3) is 11.3 Å². The molecule has 12 nitrogen and oxygen atoms in total. The van der Waals surface area contributed by atoms with Crippen molar-refractivity contribution in [1.82, 2.24) is 35.1 Å². The zero-order chi connectivity index (χ0) is 25.2. The molecule has 2 saturated heterocycles. The van der Waals surface area contributed by atoms with Crippen LogP contribution in [-0.2, 0) is 4.74 Å². The Bertz CT molecular complexity index is 1080. The summed E-state index contributed by atoms with van der Waals surface area (Å²) in [6.45, 7) is 6.62. The molecule has 0 bridgehead atoms. The van der Waals surface area contributed by atoms with Gasteiger partial charge in [-0.3, -0.25) is 0 Å². The second-order valence-corrected chi connectivity index (χ2v) is 9.43. The summed E-state index contributed by atoms with van der Waals surface area (Å²) in [5.41, 5.74) is 6.04. The summed E-state index contributed by atoms with van der Waals surface area (Å²) >= 11 is 0. The number of anilines is 2. The first-order chi connectivity index (χ1) is 17.4. The Kier molecular flexibility index (Phi) is 7.01. The van der Waals surface area contributed by atoms with E-state index in [1.807, 2.05) is 23.8 Å². The van der Waals surface area contributed by atoms with E-state index in [-0.39, 0.29) is 41.7 Å². The molecule has 3 fully saturated rings. The molecule has 0 aromatic carbocycles. The summed E-state index contributed by atoms with van der Waals surface area (Å²) in [6.07, 6.45) is 3.80. The molecule has 2 aliphatic heterocycles. The van der Waals surface area contributed by atoms with Crippen LogP contribution in [0.5, 0.6) is 5.88 Å². The summed E-state index contributed by atoms with van der Waals surface area (Å²) in [5, 5.41) is 3.25. The molecule has 36 heavy (non-hydrogen) atoms. The first-order valence-corrected chi connectivity index (χ1v) is 12.3. The maximum absolute atomic E-state index is 15.6. The molecule has 3 N–H and O–H groups in total. The van der Waals surface area contributed by atoms with E-state index in [0.717, 1.165) is 13.1 Å². The van der Waals surface area contributed by atoms with Crippen LogP contribution >= 0.6 is 0 Å². The molecule has 2 aromatic rings. The van der Waals surface area contributed by atoms with Crippen molar-refractivity contribution in [1.29, 1.82) is 0 Å². The Balaban J connectivity index is 1.33. The number of aromatic nitrogens is 4. The number of hydrogen-bond donors (Lipinski definition) is 2. The summed E-state index contributed by atoms with van der Waals surface area (Å²) < 4.78 is 27.2. The Morgan fingerprint density at radius 1 is 1.22 bits per heavy atom. The number of halogens is 1. The minimum absolute atomic E-state index is 0.0161. The SMILES string of the molecule is C[C@H]1COCCN1c1nc(O[C@H]2C[C@H](N(C)C(=O)N3CCNCC3)C2)c(F)c(-c2cnc(N)nc2)n1. The number of amides is 2. The number of morpholine rings is 1. The minimum atomic E-state index is -0.679. The van der Waals surface area contributed by atoms with Crippen molar-refractivity contribution < 1.29 is 18.7 Å². The molecule has 13 heteroatoms. The van der Waals surface area contributed by atoms with Crippen LogP contribution in [0.3, 0.4) is 0 Å². The Labute approximate surface area is 209 Å². The number of hydrogen-bond acceptors (Lipinski definition) is 10. The van der Waals surface area contributed by atoms with E-state index in [1.54, 1.807) is 4.90 Å². The van der Waals surface area contributed by atoms with Gasteiger partial charge in [-0.15, -0.1) is 0 Å². The number of carbonyl (C=O) groups excluding carboxylic acids is 1. The molecule has 194 valence electrons. The maximum Gasteiger partial charge on any atom is 0.320 e. The summed E-state index contributed by atoms with van der Waals surface area (Å²) in [5.74, 6) is -0.352. The van der Waals surface area contributed by atoms with E-state index < -0.39 is 5.82 Å². The average Bonchev–Trinajstić information content (AvgIpc) is 2.87. The highest BCUT2D eigenvalue weighted by Crippen LogP contribution is 2.34. The molecule has 1 atom stereocenters. The van der Waals surface area contributed by atoms with Gasteiger partial charge in [0.2, 0.25) is 17.7 Å². The van der Waals surface area contributed by atoms with Crippen molar-refractivity contribution in [3.63, 3.8) is 0 Å². The number of nitrogen functional groups attached to an aromatic ring is 1. The topological polar surface area (TPSA) is 135 Å². The minimum Gasteiger partial charge on any atom is -0.472 e. The van der Waals surface area contributed by atoms with Gasteiger partial charge < -0.3 is 35.2 Å². The number of nitrogens with two attached hydrogens (primary N) is 1. The van der Waals surface area contributed by atoms with Crippen LogP contribution in [-0.4, -0.2) is 107 Å². The molecular weight excluding hydrogens is 469 g/mol. The van der Waals surface area contributed by atoms with Crippen LogP contribution < -0.4 is 20.7 Å². The highest BCUT2D eigenvalue weighted by Gasteiger charge is 2.38. The number of rotatable bonds is 5. The quantitative estimate of drug-likeness (QED) is 0.604. The zero-order valence-electron chi connectivity index (χ0n) is 20.6. The molecule has 3 aliphatic rings. The van der Waals surface area contributed by atoms with E-state index in [2.05, 4.69) is 25.3 Å². The highest BCUT2D eigenvalue weighted by atomic mass is 19.1. The maximum atomic E-state index is 15.6. The number of nitrogens with one attached hydrogen (secondary N) is 1. The third-order valence-electron chi connectivity index (χ3n) is 6.96.